The maximum atomic E-state index is 12.7. The van der Waals surface area contributed by atoms with Crippen molar-refractivity contribution in [2.24, 2.45) is 0 Å². The van der Waals surface area contributed by atoms with E-state index in [4.69, 9.17) is 9.84 Å². The molecule has 0 fully saturated rings. The third-order valence-corrected chi connectivity index (χ3v) is 9.06. The van der Waals surface area contributed by atoms with Crippen molar-refractivity contribution < 1.29 is 45.7 Å². The van der Waals surface area contributed by atoms with Crippen molar-refractivity contribution in [1.82, 2.24) is 9.97 Å². The van der Waals surface area contributed by atoms with Gasteiger partial charge in [0.2, 0.25) is 0 Å². The number of carbonyl (C=O) groups is 1. The Morgan fingerprint density at radius 2 is 1.15 bits per heavy atom. The van der Waals surface area contributed by atoms with Crippen molar-refractivity contribution in [1.29, 1.82) is 0 Å². The van der Waals surface area contributed by atoms with Crippen LogP contribution in [0.5, 0.6) is 5.75 Å². The molecule has 0 aliphatic carbocycles. The number of aliphatic hydroxyl groups excluding tert-OH is 1. The summed E-state index contributed by atoms with van der Waals surface area (Å²) < 4.78 is 85.8. The van der Waals surface area contributed by atoms with E-state index in [2.05, 4.69) is 14.7 Å². The second kappa shape index (κ2) is 15.8. The lowest BCUT2D eigenvalue weighted by Gasteiger charge is -2.06. The number of hydrogen-bond acceptors (Lipinski definition) is 8. The van der Waals surface area contributed by atoms with Crippen LogP contribution in [0.2, 0.25) is 0 Å². The quantitative estimate of drug-likeness (QED) is 0.122. The molecule has 0 bridgehead atoms. The number of thiazole rings is 2. The highest BCUT2D eigenvalue weighted by Crippen LogP contribution is 2.34. The summed E-state index contributed by atoms with van der Waals surface area (Å²) in [5.74, 6) is 0.207. The Balaban J connectivity index is 0.000000237. The van der Waals surface area contributed by atoms with Gasteiger partial charge in [-0.05, 0) is 62.4 Å². The number of aliphatic hydroxyl groups is 1. The van der Waals surface area contributed by atoms with E-state index in [1.54, 1.807) is 24.3 Å². The molecule has 0 saturated carbocycles. The number of carbonyl (C=O) groups excluding carboxylic acids is 1. The number of halogens is 6. The fraction of sp³-hybridized carbons (Fsp3) is 0.265. The molecule has 14 heteroatoms. The van der Waals surface area contributed by atoms with Crippen LogP contribution in [0.15, 0.2) is 72.8 Å². The number of rotatable bonds is 9. The molecule has 5 aromatic rings. The third-order valence-electron chi connectivity index (χ3n) is 6.94. The van der Waals surface area contributed by atoms with Gasteiger partial charge in [0.15, 0.2) is 0 Å². The van der Waals surface area contributed by atoms with E-state index in [-0.39, 0.29) is 6.61 Å². The van der Waals surface area contributed by atoms with Gasteiger partial charge in [-0.3, -0.25) is 0 Å². The van der Waals surface area contributed by atoms with Crippen molar-refractivity contribution >= 4 is 28.6 Å². The molecule has 0 aliphatic rings. The van der Waals surface area contributed by atoms with Crippen LogP contribution in [0.25, 0.3) is 21.1 Å². The monoisotopic (exact) mass is 708 g/mol. The highest BCUT2D eigenvalue weighted by atomic mass is 32.1. The molecule has 48 heavy (non-hydrogen) atoms. The SMILES string of the molecule is COC(=O)c1ccc(OCCc2nc(-c3ccc(C(F)(F)F)cc3)sc2C)cc1.Cc1sc(-c2ccc(C(F)(F)F)cc2)nc1CCO. The molecule has 0 aliphatic heterocycles. The summed E-state index contributed by atoms with van der Waals surface area (Å²) in [4.78, 5) is 22.3. The maximum Gasteiger partial charge on any atom is 0.416 e. The van der Waals surface area contributed by atoms with Gasteiger partial charge >= 0.3 is 18.3 Å². The fourth-order valence-electron chi connectivity index (χ4n) is 4.35. The van der Waals surface area contributed by atoms with Gasteiger partial charge in [0.25, 0.3) is 0 Å². The van der Waals surface area contributed by atoms with Crippen LogP contribution in [-0.2, 0) is 29.9 Å². The van der Waals surface area contributed by atoms with E-state index in [1.807, 2.05) is 13.8 Å². The topological polar surface area (TPSA) is 81.5 Å². The molecule has 0 amide bonds. The Bertz CT molecular complexity index is 1800. The van der Waals surface area contributed by atoms with Gasteiger partial charge in [-0.25, -0.2) is 14.8 Å². The summed E-state index contributed by atoms with van der Waals surface area (Å²) in [6.45, 7) is 4.20. The Hall–Kier alpha value is -4.27. The molecule has 0 unspecified atom stereocenters. The first-order chi connectivity index (χ1) is 22.7. The smallest absolute Gasteiger partial charge is 0.416 e. The first-order valence-electron chi connectivity index (χ1n) is 14.4. The Kier molecular flexibility index (Phi) is 12.0. The van der Waals surface area contributed by atoms with Crippen LogP contribution in [0.4, 0.5) is 26.3 Å². The minimum absolute atomic E-state index is 0.0109. The van der Waals surface area contributed by atoms with Crippen LogP contribution in [-0.4, -0.2) is 41.4 Å². The maximum absolute atomic E-state index is 12.7. The summed E-state index contributed by atoms with van der Waals surface area (Å²) in [5.41, 5.74) is 2.04. The standard InChI is InChI=1S/C21H18F3NO3S.C13H12F3NOS/c1-13-18(11-12-28-17-9-5-15(6-10-17)20(26)27-2)25-19(29-13)14-3-7-16(8-4-14)21(22,23)24;1-8-11(6-7-18)17-12(19-8)9-2-4-10(5-3-9)13(14,15)16/h3-10H,11-12H2,1-2H3;2-5,18H,6-7H2,1H3. The fourth-order valence-corrected chi connectivity index (χ4v) is 6.28. The predicted molar refractivity (Wildman–Crippen MR) is 172 cm³/mol. The van der Waals surface area contributed by atoms with Gasteiger partial charge in [0, 0.05) is 40.3 Å². The van der Waals surface area contributed by atoms with E-state index in [9.17, 15) is 31.1 Å². The van der Waals surface area contributed by atoms with Crippen molar-refractivity contribution in [2.45, 2.75) is 39.0 Å². The van der Waals surface area contributed by atoms with Gasteiger partial charge in [0.05, 0.1) is 41.8 Å². The minimum atomic E-state index is -4.35. The Labute approximate surface area is 280 Å². The molecule has 5 rings (SSSR count). The number of hydrogen-bond donors (Lipinski definition) is 1. The molecule has 0 radical (unpaired) electrons. The van der Waals surface area contributed by atoms with Crippen LogP contribution in [0.3, 0.4) is 0 Å². The van der Waals surface area contributed by atoms with E-state index in [0.29, 0.717) is 51.9 Å². The number of benzene rings is 3. The zero-order chi connectivity index (χ0) is 35.1. The second-order valence-electron chi connectivity index (χ2n) is 10.3. The second-order valence-corrected chi connectivity index (χ2v) is 12.7. The lowest BCUT2D eigenvalue weighted by atomic mass is 10.1. The zero-order valence-corrected chi connectivity index (χ0v) is 27.5. The van der Waals surface area contributed by atoms with Gasteiger partial charge < -0.3 is 14.6 Å². The molecule has 2 aromatic heterocycles. The van der Waals surface area contributed by atoms with Gasteiger partial charge in [0.1, 0.15) is 15.8 Å². The van der Waals surface area contributed by atoms with E-state index >= 15 is 0 Å². The number of aromatic nitrogens is 2. The van der Waals surface area contributed by atoms with Crippen molar-refractivity contribution in [2.75, 3.05) is 20.3 Å². The number of alkyl halides is 6. The van der Waals surface area contributed by atoms with Crippen molar-refractivity contribution in [3.8, 4) is 26.9 Å². The summed E-state index contributed by atoms with van der Waals surface area (Å²) >= 11 is 2.85. The largest absolute Gasteiger partial charge is 0.493 e. The minimum Gasteiger partial charge on any atom is -0.493 e. The molecule has 6 nitrogen and oxygen atoms in total. The van der Waals surface area contributed by atoms with Gasteiger partial charge in [-0.2, -0.15) is 26.3 Å². The molecule has 3 aromatic carbocycles. The number of methoxy groups -OCH3 is 1. The van der Waals surface area contributed by atoms with Crippen LogP contribution in [0, 0.1) is 13.8 Å². The third kappa shape index (κ3) is 9.64. The molecular weight excluding hydrogens is 679 g/mol. The van der Waals surface area contributed by atoms with Crippen molar-refractivity contribution in [3.63, 3.8) is 0 Å². The van der Waals surface area contributed by atoms with Crippen LogP contribution in [0.1, 0.15) is 42.6 Å². The average Bonchev–Trinajstić information content (AvgIpc) is 3.62. The first-order valence-corrected chi connectivity index (χ1v) is 16.0. The van der Waals surface area contributed by atoms with Crippen LogP contribution < -0.4 is 4.74 Å². The number of nitrogens with zero attached hydrogens (tertiary/aromatic N) is 2. The van der Waals surface area contributed by atoms with E-state index in [0.717, 1.165) is 45.4 Å². The number of ether oxygens (including phenoxy) is 2. The summed E-state index contributed by atoms with van der Waals surface area (Å²) in [6.07, 6.45) is -7.65. The highest BCUT2D eigenvalue weighted by molar-refractivity contribution is 7.15. The summed E-state index contributed by atoms with van der Waals surface area (Å²) in [5, 5.41) is 10.2. The lowest BCUT2D eigenvalue weighted by Crippen LogP contribution is -2.04. The summed E-state index contributed by atoms with van der Waals surface area (Å²) in [7, 11) is 1.32. The lowest BCUT2D eigenvalue weighted by molar-refractivity contribution is -0.138. The Morgan fingerprint density at radius 1 is 0.708 bits per heavy atom. The molecule has 0 spiro atoms. The van der Waals surface area contributed by atoms with Gasteiger partial charge in [-0.15, -0.1) is 22.7 Å². The highest BCUT2D eigenvalue weighted by Gasteiger charge is 2.31. The molecule has 2 heterocycles. The average molecular weight is 709 g/mol. The molecule has 0 atom stereocenters. The Morgan fingerprint density at radius 3 is 1.54 bits per heavy atom. The van der Waals surface area contributed by atoms with Crippen molar-refractivity contribution in [3.05, 3.63) is 111 Å². The normalized spacial score (nSPS) is 11.5. The van der Waals surface area contributed by atoms with E-state index < -0.39 is 29.4 Å². The van der Waals surface area contributed by atoms with Gasteiger partial charge in [-0.1, -0.05) is 24.3 Å². The molecular formula is C34H30F6N2O4S2. The number of esters is 1. The first kappa shape index (κ1) is 36.6. The predicted octanol–water partition coefficient (Wildman–Crippen LogP) is 9.22. The van der Waals surface area contributed by atoms with E-state index in [1.165, 1.54) is 54.0 Å². The number of aryl methyl sites for hydroxylation is 2. The zero-order valence-electron chi connectivity index (χ0n) is 25.9. The summed E-state index contributed by atoms with van der Waals surface area (Å²) in [6, 6.07) is 16.6. The molecule has 1 N–H and O–H groups in total. The molecule has 254 valence electrons. The molecule has 0 saturated heterocycles. The van der Waals surface area contributed by atoms with Crippen LogP contribution >= 0.6 is 22.7 Å².